The summed E-state index contributed by atoms with van der Waals surface area (Å²) in [5.41, 5.74) is 12.7. The molecule has 2 atom stereocenters. The van der Waals surface area contributed by atoms with Crippen molar-refractivity contribution in [3.8, 4) is 5.75 Å². The van der Waals surface area contributed by atoms with Gasteiger partial charge in [-0.05, 0) is 23.3 Å². The summed E-state index contributed by atoms with van der Waals surface area (Å²) in [6.07, 6.45) is 0.425. The monoisotopic (exact) mass is 425 g/mol. The number of carboxylic acids is 1. The second-order valence-corrected chi connectivity index (χ2v) is 6.80. The van der Waals surface area contributed by atoms with Crippen LogP contribution in [0.15, 0.2) is 58.5 Å². The summed E-state index contributed by atoms with van der Waals surface area (Å²) < 4.78 is 10.9. The van der Waals surface area contributed by atoms with Gasteiger partial charge in [0.05, 0.1) is 6.54 Å². The highest BCUT2D eigenvalue weighted by Gasteiger charge is 2.23. The number of hydrogen-bond donors (Lipinski definition) is 4. The summed E-state index contributed by atoms with van der Waals surface area (Å²) in [6, 6.07) is 13.0. The van der Waals surface area contributed by atoms with Crippen molar-refractivity contribution in [3.63, 3.8) is 0 Å². The Hall–Kier alpha value is -4.08. The SMILES string of the molecule is NC(N)=NC[C@@H]1C=Nc2cc(C[C@H](NC(=O)OCc3ccccc3)C(=O)O)ccc2O1. The van der Waals surface area contributed by atoms with E-state index in [-0.39, 0.29) is 25.5 Å². The van der Waals surface area contributed by atoms with Gasteiger partial charge in [-0.3, -0.25) is 4.99 Å². The van der Waals surface area contributed by atoms with Crippen LogP contribution < -0.4 is 21.5 Å². The van der Waals surface area contributed by atoms with Gasteiger partial charge in [0, 0.05) is 12.6 Å². The van der Waals surface area contributed by atoms with Crippen LogP contribution in [0.2, 0.25) is 0 Å². The van der Waals surface area contributed by atoms with Gasteiger partial charge in [-0.15, -0.1) is 0 Å². The van der Waals surface area contributed by atoms with Crippen LogP contribution in [0.4, 0.5) is 10.5 Å². The molecule has 0 bridgehead atoms. The lowest BCUT2D eigenvalue weighted by molar-refractivity contribution is -0.139. The number of nitrogens with two attached hydrogens (primary N) is 2. The van der Waals surface area contributed by atoms with Crippen molar-refractivity contribution in [2.45, 2.75) is 25.2 Å². The van der Waals surface area contributed by atoms with Crippen LogP contribution in [0.25, 0.3) is 0 Å². The maximum Gasteiger partial charge on any atom is 0.408 e. The largest absolute Gasteiger partial charge is 0.481 e. The number of guanidine groups is 1. The van der Waals surface area contributed by atoms with Gasteiger partial charge in [0.15, 0.2) is 12.1 Å². The number of ether oxygens (including phenoxy) is 2. The fourth-order valence-corrected chi connectivity index (χ4v) is 2.87. The first-order chi connectivity index (χ1) is 14.9. The highest BCUT2D eigenvalue weighted by Crippen LogP contribution is 2.32. The fourth-order valence-electron chi connectivity index (χ4n) is 2.87. The van der Waals surface area contributed by atoms with Crippen molar-refractivity contribution in [3.05, 3.63) is 59.7 Å². The quantitative estimate of drug-likeness (QED) is 0.366. The van der Waals surface area contributed by atoms with Gasteiger partial charge in [-0.2, -0.15) is 0 Å². The van der Waals surface area contributed by atoms with Gasteiger partial charge in [0.25, 0.3) is 0 Å². The molecule has 10 heteroatoms. The first-order valence-electron chi connectivity index (χ1n) is 9.50. The van der Waals surface area contributed by atoms with Gasteiger partial charge in [-0.25, -0.2) is 14.6 Å². The van der Waals surface area contributed by atoms with Crippen molar-refractivity contribution in [2.75, 3.05) is 6.54 Å². The van der Waals surface area contributed by atoms with Crippen molar-refractivity contribution >= 4 is 29.9 Å². The van der Waals surface area contributed by atoms with Crippen LogP contribution in [0.1, 0.15) is 11.1 Å². The molecule has 6 N–H and O–H groups in total. The van der Waals surface area contributed by atoms with Crippen LogP contribution in [0.3, 0.4) is 0 Å². The number of carbonyl (C=O) groups is 2. The van der Waals surface area contributed by atoms with E-state index >= 15 is 0 Å². The van der Waals surface area contributed by atoms with E-state index in [0.717, 1.165) is 5.56 Å². The van der Waals surface area contributed by atoms with Gasteiger partial charge < -0.3 is 31.4 Å². The summed E-state index contributed by atoms with van der Waals surface area (Å²) in [5, 5.41) is 11.9. The molecule has 0 fully saturated rings. The van der Waals surface area contributed by atoms with E-state index in [2.05, 4.69) is 15.3 Å². The molecule has 1 aliphatic rings. The number of benzene rings is 2. The molecule has 3 rings (SSSR count). The third kappa shape index (κ3) is 6.46. The minimum atomic E-state index is -1.17. The molecule has 0 aromatic heterocycles. The molecule has 1 amide bonds. The summed E-state index contributed by atoms with van der Waals surface area (Å²) >= 11 is 0. The number of carboxylic acid groups (broad SMARTS) is 1. The van der Waals surface area contributed by atoms with E-state index in [4.69, 9.17) is 20.9 Å². The molecule has 0 saturated carbocycles. The van der Waals surface area contributed by atoms with Crippen molar-refractivity contribution in [1.29, 1.82) is 0 Å². The molecule has 0 spiro atoms. The number of aliphatic carboxylic acids is 1. The number of hydrogen-bond acceptors (Lipinski definition) is 6. The average molecular weight is 425 g/mol. The first-order valence-corrected chi connectivity index (χ1v) is 9.50. The number of nitrogens with zero attached hydrogens (tertiary/aromatic N) is 2. The normalized spacial score (nSPS) is 15.2. The maximum atomic E-state index is 12.0. The van der Waals surface area contributed by atoms with Crippen LogP contribution in [-0.4, -0.2) is 48.0 Å². The van der Waals surface area contributed by atoms with E-state index < -0.39 is 24.2 Å². The van der Waals surface area contributed by atoms with Crippen molar-refractivity contribution in [2.24, 2.45) is 21.5 Å². The molecule has 10 nitrogen and oxygen atoms in total. The lowest BCUT2D eigenvalue weighted by atomic mass is 10.0. The molecule has 1 aliphatic heterocycles. The second kappa shape index (κ2) is 10.1. The Morgan fingerprint density at radius 2 is 1.97 bits per heavy atom. The van der Waals surface area contributed by atoms with Crippen LogP contribution in [-0.2, 0) is 22.6 Å². The Morgan fingerprint density at radius 3 is 2.68 bits per heavy atom. The molecule has 1 heterocycles. The minimum absolute atomic E-state index is 0.0346. The van der Waals surface area contributed by atoms with Gasteiger partial charge in [-0.1, -0.05) is 36.4 Å². The molecule has 0 unspecified atom stereocenters. The molecular weight excluding hydrogens is 402 g/mol. The van der Waals surface area contributed by atoms with Crippen LogP contribution in [0, 0.1) is 0 Å². The molecule has 0 saturated heterocycles. The predicted octanol–water partition coefficient (Wildman–Crippen LogP) is 1.35. The smallest absolute Gasteiger partial charge is 0.408 e. The Balaban J connectivity index is 1.59. The lowest BCUT2D eigenvalue weighted by Gasteiger charge is -2.20. The third-order valence-corrected chi connectivity index (χ3v) is 4.38. The van der Waals surface area contributed by atoms with E-state index in [1.54, 1.807) is 36.5 Å². The van der Waals surface area contributed by atoms with E-state index in [1.165, 1.54) is 0 Å². The lowest BCUT2D eigenvalue weighted by Crippen LogP contribution is -2.42. The summed E-state index contributed by atoms with van der Waals surface area (Å²) in [6.45, 7) is 0.286. The average Bonchev–Trinajstić information content (AvgIpc) is 2.76. The standard InChI is InChI=1S/C21H23N5O5/c22-20(23)25-11-15-10-24-16-8-14(6-7-18(16)31-15)9-17(19(27)28)26-21(29)30-12-13-4-2-1-3-5-13/h1-8,10,15,17H,9,11-12H2,(H,26,29)(H,27,28)(H4,22,23,25)/t15-,17-/m0/s1. The van der Waals surface area contributed by atoms with Crippen molar-refractivity contribution in [1.82, 2.24) is 5.32 Å². The predicted molar refractivity (Wildman–Crippen MR) is 115 cm³/mol. The maximum absolute atomic E-state index is 12.0. The summed E-state index contributed by atoms with van der Waals surface area (Å²) in [4.78, 5) is 31.9. The van der Waals surface area contributed by atoms with E-state index in [0.29, 0.717) is 17.0 Å². The number of nitrogens with one attached hydrogen (secondary N) is 1. The Labute approximate surface area is 178 Å². The molecule has 0 aliphatic carbocycles. The number of fused-ring (bicyclic) bond motifs is 1. The highest BCUT2D eigenvalue weighted by atomic mass is 16.5. The van der Waals surface area contributed by atoms with Crippen LogP contribution >= 0.6 is 0 Å². The highest BCUT2D eigenvalue weighted by molar-refractivity contribution is 5.80. The number of amides is 1. The molecule has 0 radical (unpaired) electrons. The Morgan fingerprint density at radius 1 is 1.19 bits per heavy atom. The zero-order valence-corrected chi connectivity index (χ0v) is 16.6. The number of aliphatic imine (C=N–C) groups is 2. The second-order valence-electron chi connectivity index (χ2n) is 6.80. The summed E-state index contributed by atoms with van der Waals surface area (Å²) in [7, 11) is 0. The van der Waals surface area contributed by atoms with E-state index in [1.807, 2.05) is 18.2 Å². The Kier molecular flexibility index (Phi) is 7.05. The molecule has 2 aromatic rings. The molecule has 162 valence electrons. The van der Waals surface area contributed by atoms with Crippen LogP contribution in [0.5, 0.6) is 5.75 Å². The zero-order chi connectivity index (χ0) is 22.2. The van der Waals surface area contributed by atoms with Gasteiger partial charge >= 0.3 is 12.1 Å². The van der Waals surface area contributed by atoms with E-state index in [9.17, 15) is 14.7 Å². The minimum Gasteiger partial charge on any atom is -0.481 e. The van der Waals surface area contributed by atoms with Gasteiger partial charge in [0.2, 0.25) is 0 Å². The number of carbonyl (C=O) groups excluding carboxylic acids is 1. The van der Waals surface area contributed by atoms with Crippen molar-refractivity contribution < 1.29 is 24.2 Å². The number of rotatable bonds is 8. The first kappa shape index (κ1) is 21.6. The summed E-state index contributed by atoms with van der Waals surface area (Å²) in [5.74, 6) is -0.678. The zero-order valence-electron chi connectivity index (χ0n) is 16.6. The van der Waals surface area contributed by atoms with Gasteiger partial charge in [0.1, 0.15) is 24.1 Å². The molecule has 31 heavy (non-hydrogen) atoms. The molecule has 2 aromatic carbocycles. The topological polar surface area (TPSA) is 162 Å². The Bertz CT molecular complexity index is 989. The fraction of sp³-hybridized carbons (Fsp3) is 0.238. The number of alkyl carbamates (subject to hydrolysis) is 1. The third-order valence-electron chi connectivity index (χ3n) is 4.38. The molecular formula is C21H23N5O5.